The van der Waals surface area contributed by atoms with E-state index in [2.05, 4.69) is 20.0 Å². The SMILES string of the molecule is Nc1ccnc(NCc2ccccc2OC(F)(F)F)n1. The van der Waals surface area contributed by atoms with Crippen LogP contribution in [0.15, 0.2) is 36.5 Å². The van der Waals surface area contributed by atoms with Gasteiger partial charge in [0, 0.05) is 18.3 Å². The second kappa shape index (κ2) is 5.64. The first-order valence-electron chi connectivity index (χ1n) is 5.60. The van der Waals surface area contributed by atoms with Crippen LogP contribution in [0.4, 0.5) is 24.9 Å². The minimum absolute atomic E-state index is 0.0791. The monoisotopic (exact) mass is 284 g/mol. The van der Waals surface area contributed by atoms with E-state index in [1.807, 2.05) is 0 Å². The largest absolute Gasteiger partial charge is 0.573 e. The number of hydrogen-bond donors (Lipinski definition) is 2. The van der Waals surface area contributed by atoms with Gasteiger partial charge in [-0.3, -0.25) is 0 Å². The van der Waals surface area contributed by atoms with Crippen molar-refractivity contribution >= 4 is 11.8 Å². The summed E-state index contributed by atoms with van der Waals surface area (Å²) >= 11 is 0. The van der Waals surface area contributed by atoms with Crippen molar-refractivity contribution in [3.8, 4) is 5.75 Å². The van der Waals surface area contributed by atoms with Crippen LogP contribution in [0.2, 0.25) is 0 Å². The number of nitrogens with zero attached hydrogens (tertiary/aromatic N) is 2. The Morgan fingerprint density at radius 1 is 1.20 bits per heavy atom. The van der Waals surface area contributed by atoms with Gasteiger partial charge in [0.2, 0.25) is 5.95 Å². The summed E-state index contributed by atoms with van der Waals surface area (Å²) in [4.78, 5) is 7.78. The van der Waals surface area contributed by atoms with E-state index in [0.717, 1.165) is 0 Å². The zero-order valence-corrected chi connectivity index (χ0v) is 10.2. The molecule has 0 bridgehead atoms. The van der Waals surface area contributed by atoms with Crippen molar-refractivity contribution in [2.45, 2.75) is 12.9 Å². The predicted octanol–water partition coefficient (Wildman–Crippen LogP) is 2.57. The van der Waals surface area contributed by atoms with E-state index in [0.29, 0.717) is 5.56 Å². The Bertz CT molecular complexity index is 589. The van der Waals surface area contributed by atoms with Crippen LogP contribution in [0, 0.1) is 0 Å². The maximum Gasteiger partial charge on any atom is 0.573 e. The van der Waals surface area contributed by atoms with Crippen LogP contribution in [-0.4, -0.2) is 16.3 Å². The summed E-state index contributed by atoms with van der Waals surface area (Å²) in [5.74, 6) is 0.227. The third kappa shape index (κ3) is 4.01. The molecule has 20 heavy (non-hydrogen) atoms. The van der Waals surface area contributed by atoms with Crippen LogP contribution in [0.5, 0.6) is 5.75 Å². The zero-order chi connectivity index (χ0) is 14.6. The van der Waals surface area contributed by atoms with Gasteiger partial charge in [-0.1, -0.05) is 18.2 Å². The first-order valence-corrected chi connectivity index (χ1v) is 5.60. The van der Waals surface area contributed by atoms with Gasteiger partial charge in [0.05, 0.1) is 0 Å². The second-order valence-corrected chi connectivity index (χ2v) is 3.81. The van der Waals surface area contributed by atoms with Crippen LogP contribution in [0.1, 0.15) is 5.56 Å². The molecule has 106 valence electrons. The number of nitrogens with one attached hydrogen (secondary N) is 1. The van der Waals surface area contributed by atoms with Gasteiger partial charge < -0.3 is 15.8 Å². The summed E-state index contributed by atoms with van der Waals surface area (Å²) in [6.07, 6.45) is -3.29. The fourth-order valence-corrected chi connectivity index (χ4v) is 1.51. The molecular weight excluding hydrogens is 273 g/mol. The number of benzene rings is 1. The molecule has 0 fully saturated rings. The molecule has 8 heteroatoms. The number of ether oxygens (including phenoxy) is 1. The van der Waals surface area contributed by atoms with Crippen molar-refractivity contribution < 1.29 is 17.9 Å². The molecule has 0 spiro atoms. The third-order valence-electron chi connectivity index (χ3n) is 2.31. The highest BCUT2D eigenvalue weighted by Gasteiger charge is 2.31. The number of hydrogen-bond acceptors (Lipinski definition) is 5. The van der Waals surface area contributed by atoms with Gasteiger partial charge in [0.25, 0.3) is 0 Å². The molecule has 1 aromatic heterocycles. The maximum absolute atomic E-state index is 12.3. The van der Waals surface area contributed by atoms with Gasteiger partial charge in [-0.15, -0.1) is 13.2 Å². The summed E-state index contributed by atoms with van der Waals surface area (Å²) in [5, 5.41) is 2.78. The summed E-state index contributed by atoms with van der Waals surface area (Å²) < 4.78 is 40.7. The van der Waals surface area contributed by atoms with E-state index in [4.69, 9.17) is 5.73 Å². The molecule has 0 aliphatic heterocycles. The van der Waals surface area contributed by atoms with Crippen LogP contribution >= 0.6 is 0 Å². The molecule has 0 aliphatic rings. The standard InChI is InChI=1S/C12H11F3N4O/c13-12(14,15)20-9-4-2-1-3-8(9)7-18-11-17-6-5-10(16)19-11/h1-6H,7H2,(H3,16,17,18,19). The Kier molecular flexibility index (Phi) is 3.92. The number of anilines is 2. The number of para-hydroxylation sites is 1. The van der Waals surface area contributed by atoms with E-state index in [9.17, 15) is 13.2 Å². The van der Waals surface area contributed by atoms with Crippen molar-refractivity contribution in [3.05, 3.63) is 42.1 Å². The van der Waals surface area contributed by atoms with E-state index in [1.165, 1.54) is 30.5 Å². The average Bonchev–Trinajstić information content (AvgIpc) is 2.36. The molecule has 5 nitrogen and oxygen atoms in total. The molecule has 1 heterocycles. The highest BCUT2D eigenvalue weighted by molar-refractivity contribution is 5.39. The first-order chi connectivity index (χ1) is 9.44. The summed E-state index contributed by atoms with van der Waals surface area (Å²) in [5.41, 5.74) is 5.81. The van der Waals surface area contributed by atoms with Crippen molar-refractivity contribution in [1.82, 2.24) is 9.97 Å². The number of rotatable bonds is 4. The first kappa shape index (κ1) is 13.9. The number of nitrogens with two attached hydrogens (primary N) is 1. The Labute approximate surface area is 112 Å². The Morgan fingerprint density at radius 3 is 2.65 bits per heavy atom. The quantitative estimate of drug-likeness (QED) is 0.902. The number of aromatic nitrogens is 2. The molecule has 0 aliphatic carbocycles. The van der Waals surface area contributed by atoms with Gasteiger partial charge in [0.15, 0.2) is 0 Å². The molecule has 0 amide bonds. The second-order valence-electron chi connectivity index (χ2n) is 3.81. The van der Waals surface area contributed by atoms with Crippen molar-refractivity contribution in [1.29, 1.82) is 0 Å². The molecule has 2 rings (SSSR count). The molecule has 0 atom stereocenters. The third-order valence-corrected chi connectivity index (χ3v) is 2.31. The number of nitrogen functional groups attached to an aromatic ring is 1. The van der Waals surface area contributed by atoms with E-state index >= 15 is 0 Å². The van der Waals surface area contributed by atoms with Gasteiger partial charge in [-0.2, -0.15) is 4.98 Å². The van der Waals surface area contributed by atoms with Crippen molar-refractivity contribution in [2.24, 2.45) is 0 Å². The summed E-state index contributed by atoms with van der Waals surface area (Å²) in [6.45, 7) is 0.0791. The molecule has 0 unspecified atom stereocenters. The average molecular weight is 284 g/mol. The molecule has 0 saturated carbocycles. The minimum Gasteiger partial charge on any atom is -0.405 e. The fraction of sp³-hybridized carbons (Fsp3) is 0.167. The normalized spacial score (nSPS) is 11.2. The van der Waals surface area contributed by atoms with Crippen LogP contribution in [0.3, 0.4) is 0 Å². The predicted molar refractivity (Wildman–Crippen MR) is 66.9 cm³/mol. The van der Waals surface area contributed by atoms with Gasteiger partial charge in [0.1, 0.15) is 11.6 Å². The maximum atomic E-state index is 12.3. The summed E-state index contributed by atoms with van der Waals surface area (Å²) in [7, 11) is 0. The fourth-order valence-electron chi connectivity index (χ4n) is 1.51. The minimum atomic E-state index is -4.73. The lowest BCUT2D eigenvalue weighted by Gasteiger charge is -2.13. The van der Waals surface area contributed by atoms with Crippen molar-refractivity contribution in [2.75, 3.05) is 11.1 Å². The van der Waals surface area contributed by atoms with Crippen LogP contribution < -0.4 is 15.8 Å². The van der Waals surface area contributed by atoms with Crippen molar-refractivity contribution in [3.63, 3.8) is 0 Å². The molecule has 0 radical (unpaired) electrons. The molecular formula is C12H11F3N4O. The highest BCUT2D eigenvalue weighted by Crippen LogP contribution is 2.26. The van der Waals surface area contributed by atoms with E-state index in [-0.39, 0.29) is 24.1 Å². The number of alkyl halides is 3. The zero-order valence-electron chi connectivity index (χ0n) is 10.2. The topological polar surface area (TPSA) is 73.1 Å². The van der Waals surface area contributed by atoms with Crippen LogP contribution in [0.25, 0.3) is 0 Å². The highest BCUT2D eigenvalue weighted by atomic mass is 19.4. The molecule has 0 saturated heterocycles. The smallest absolute Gasteiger partial charge is 0.405 e. The lowest BCUT2D eigenvalue weighted by atomic mass is 10.2. The Hall–Kier alpha value is -2.51. The van der Waals surface area contributed by atoms with Crippen LogP contribution in [-0.2, 0) is 6.54 Å². The number of halogens is 3. The van der Waals surface area contributed by atoms with Gasteiger partial charge in [-0.25, -0.2) is 4.98 Å². The van der Waals surface area contributed by atoms with Gasteiger partial charge in [-0.05, 0) is 12.1 Å². The lowest BCUT2D eigenvalue weighted by Crippen LogP contribution is -2.18. The lowest BCUT2D eigenvalue weighted by molar-refractivity contribution is -0.274. The van der Waals surface area contributed by atoms with Gasteiger partial charge >= 0.3 is 6.36 Å². The van der Waals surface area contributed by atoms with E-state index in [1.54, 1.807) is 6.07 Å². The summed E-state index contributed by atoms with van der Waals surface area (Å²) in [6, 6.07) is 7.33. The molecule has 3 N–H and O–H groups in total. The molecule has 2 aromatic rings. The Balaban J connectivity index is 2.09. The Morgan fingerprint density at radius 2 is 1.95 bits per heavy atom. The van der Waals surface area contributed by atoms with E-state index < -0.39 is 6.36 Å². The molecule has 1 aromatic carbocycles.